The number of anilines is 2. The maximum absolute atomic E-state index is 13.3. The molecule has 0 spiro atoms. The molecule has 224 valence electrons. The van der Waals surface area contributed by atoms with Crippen LogP contribution in [-0.4, -0.2) is 82.9 Å². The van der Waals surface area contributed by atoms with Gasteiger partial charge in [-0.25, -0.2) is 14.8 Å². The van der Waals surface area contributed by atoms with Gasteiger partial charge in [-0.1, -0.05) is 23.2 Å². The van der Waals surface area contributed by atoms with Crippen LogP contribution in [0.5, 0.6) is 5.88 Å². The van der Waals surface area contributed by atoms with Gasteiger partial charge in [-0.2, -0.15) is 0 Å². The Morgan fingerprint density at radius 1 is 1.12 bits per heavy atom. The smallest absolute Gasteiger partial charge is 0.341 e. The van der Waals surface area contributed by atoms with Crippen molar-refractivity contribution < 1.29 is 14.6 Å². The fourth-order valence-corrected chi connectivity index (χ4v) is 6.43. The molecule has 2 aliphatic heterocycles. The number of ether oxygens (including phenoxy) is 1. The van der Waals surface area contributed by atoms with E-state index in [0.717, 1.165) is 50.4 Å². The number of halogens is 2. The number of carboxylic acid groups (broad SMARTS) is 1. The summed E-state index contributed by atoms with van der Waals surface area (Å²) in [6.07, 6.45) is 7.58. The van der Waals surface area contributed by atoms with Crippen LogP contribution in [0.1, 0.15) is 29.6 Å². The minimum atomic E-state index is -1.30. The molecule has 0 radical (unpaired) electrons. The van der Waals surface area contributed by atoms with Gasteiger partial charge in [-0.15, -0.1) is 0 Å². The number of carbonyl (C=O) groups is 1. The molecule has 0 bridgehead atoms. The number of fused-ring (bicyclic) bond motifs is 1. The molecule has 0 amide bonds. The van der Waals surface area contributed by atoms with Crippen molar-refractivity contribution >= 4 is 51.6 Å². The molecule has 4 aromatic rings. The van der Waals surface area contributed by atoms with Gasteiger partial charge >= 0.3 is 5.97 Å². The van der Waals surface area contributed by atoms with Crippen molar-refractivity contribution in [3.05, 3.63) is 80.8 Å². The average molecular weight is 624 g/mol. The number of likely N-dealkylation sites (N-methyl/N-ethyl adjacent to an activating group) is 1. The van der Waals surface area contributed by atoms with Gasteiger partial charge in [-0.3, -0.25) is 4.79 Å². The summed E-state index contributed by atoms with van der Waals surface area (Å²) in [7, 11) is 4.17. The van der Waals surface area contributed by atoms with Crippen molar-refractivity contribution in [1.29, 1.82) is 0 Å². The summed E-state index contributed by atoms with van der Waals surface area (Å²) in [6.45, 7) is 2.89. The van der Waals surface area contributed by atoms with Crippen molar-refractivity contribution in [3.63, 3.8) is 0 Å². The van der Waals surface area contributed by atoms with Gasteiger partial charge in [0.25, 0.3) is 0 Å². The predicted octanol–water partition coefficient (Wildman–Crippen LogP) is 4.97. The van der Waals surface area contributed by atoms with E-state index in [-0.39, 0.29) is 17.0 Å². The van der Waals surface area contributed by atoms with Crippen molar-refractivity contribution in [3.8, 4) is 11.6 Å². The third-order valence-corrected chi connectivity index (χ3v) is 8.94. The van der Waals surface area contributed by atoms with Gasteiger partial charge in [0.2, 0.25) is 11.3 Å². The normalized spacial score (nSPS) is 18.6. The summed E-state index contributed by atoms with van der Waals surface area (Å²) in [5.41, 5.74) is 0.985. The van der Waals surface area contributed by atoms with E-state index in [0.29, 0.717) is 39.8 Å². The number of pyridine rings is 3. The highest BCUT2D eigenvalue weighted by Gasteiger charge is 2.29. The largest absolute Gasteiger partial charge is 0.477 e. The first-order chi connectivity index (χ1) is 20.7. The molecule has 2 aliphatic rings. The quantitative estimate of drug-likeness (QED) is 0.291. The van der Waals surface area contributed by atoms with Gasteiger partial charge in [0.05, 0.1) is 34.2 Å². The van der Waals surface area contributed by atoms with Crippen molar-refractivity contribution in [1.82, 2.24) is 19.4 Å². The maximum atomic E-state index is 13.3. The van der Waals surface area contributed by atoms with Gasteiger partial charge in [0, 0.05) is 43.5 Å². The first-order valence-corrected chi connectivity index (χ1v) is 15.0. The van der Waals surface area contributed by atoms with E-state index in [4.69, 9.17) is 32.9 Å². The molecule has 12 heteroatoms. The molecule has 2 saturated heterocycles. The van der Waals surface area contributed by atoms with E-state index in [1.807, 2.05) is 18.2 Å². The molecule has 2 fully saturated rings. The molecule has 3 aromatic heterocycles. The van der Waals surface area contributed by atoms with E-state index in [1.54, 1.807) is 35.2 Å². The minimum absolute atomic E-state index is 0.00103. The van der Waals surface area contributed by atoms with Gasteiger partial charge in [-0.05, 0) is 69.8 Å². The molecular weight excluding hydrogens is 591 g/mol. The van der Waals surface area contributed by atoms with Gasteiger partial charge in [0.1, 0.15) is 23.0 Å². The highest BCUT2D eigenvalue weighted by atomic mass is 35.5. The molecule has 5 heterocycles. The monoisotopic (exact) mass is 622 g/mol. The second-order valence-corrected chi connectivity index (χ2v) is 12.0. The molecule has 1 aromatic carbocycles. The third-order valence-electron chi connectivity index (χ3n) is 8.35. The molecule has 6 rings (SSSR count). The van der Waals surface area contributed by atoms with E-state index >= 15 is 0 Å². The molecule has 0 unspecified atom stereocenters. The van der Waals surface area contributed by atoms with Crippen LogP contribution in [-0.2, 0) is 0 Å². The van der Waals surface area contributed by atoms with Crippen LogP contribution in [0.25, 0.3) is 16.6 Å². The lowest BCUT2D eigenvalue weighted by molar-refractivity contribution is 0.0695. The summed E-state index contributed by atoms with van der Waals surface area (Å²) in [6, 6.07) is 11.2. The lowest BCUT2D eigenvalue weighted by Gasteiger charge is -2.28. The topological polar surface area (TPSA) is 104 Å². The standard InChI is InChI=1S/C31H32Cl2N6O4/c1-36(2)20-9-12-37(16-20)28-8-7-19(15-35-28)39-17-23(31(41)42)29(40)22-13-25(33)27(14-26(22)39)38-11-4-5-21(38)18-43-30-24(32)6-3-10-34-30/h3,6-8,10,13-15,17,20-21H,4-5,9,11-12,16,18H2,1-2H3,(H,41,42)/t20-,21+/m0/s1. The molecular formula is C31H32Cl2N6O4. The molecule has 1 N–H and O–H groups in total. The Bertz CT molecular complexity index is 1730. The number of aromatic carboxylic acids is 1. The second-order valence-electron chi connectivity index (χ2n) is 11.2. The minimum Gasteiger partial charge on any atom is -0.477 e. The summed E-state index contributed by atoms with van der Waals surface area (Å²) < 4.78 is 7.67. The fourth-order valence-electron chi connectivity index (χ4n) is 5.98. The lowest BCUT2D eigenvalue weighted by atomic mass is 10.1. The van der Waals surface area contributed by atoms with Crippen LogP contribution >= 0.6 is 23.2 Å². The van der Waals surface area contributed by atoms with Crippen LogP contribution < -0.4 is 20.0 Å². The second kappa shape index (κ2) is 12.0. The predicted molar refractivity (Wildman–Crippen MR) is 169 cm³/mol. The Kier molecular flexibility index (Phi) is 8.17. The highest BCUT2D eigenvalue weighted by molar-refractivity contribution is 6.34. The molecule has 43 heavy (non-hydrogen) atoms. The highest BCUT2D eigenvalue weighted by Crippen LogP contribution is 2.36. The first-order valence-electron chi connectivity index (χ1n) is 14.2. The van der Waals surface area contributed by atoms with Gasteiger partial charge in [0.15, 0.2) is 0 Å². The lowest BCUT2D eigenvalue weighted by Crippen LogP contribution is -2.34. The zero-order valence-corrected chi connectivity index (χ0v) is 25.4. The number of carboxylic acids is 1. The van der Waals surface area contributed by atoms with Crippen LogP contribution in [0.3, 0.4) is 0 Å². The number of benzene rings is 1. The summed E-state index contributed by atoms with van der Waals surface area (Å²) in [4.78, 5) is 40.9. The number of hydrogen-bond donors (Lipinski definition) is 1. The van der Waals surface area contributed by atoms with Crippen molar-refractivity contribution in [2.75, 3.05) is 50.1 Å². The van der Waals surface area contributed by atoms with Gasteiger partial charge < -0.3 is 29.1 Å². The number of nitrogens with zero attached hydrogens (tertiary/aromatic N) is 6. The maximum Gasteiger partial charge on any atom is 0.341 e. The summed E-state index contributed by atoms with van der Waals surface area (Å²) in [5, 5.41) is 10.9. The summed E-state index contributed by atoms with van der Waals surface area (Å²) >= 11 is 13.0. The molecule has 0 saturated carbocycles. The summed E-state index contributed by atoms with van der Waals surface area (Å²) in [5.74, 6) is -0.0755. The number of hydrogen-bond acceptors (Lipinski definition) is 8. The fraction of sp³-hybridized carbons (Fsp3) is 0.355. The average Bonchev–Trinajstić information content (AvgIpc) is 3.68. The van der Waals surface area contributed by atoms with Crippen LogP contribution in [0, 0.1) is 0 Å². The number of aromatic nitrogens is 3. The van der Waals surface area contributed by atoms with E-state index in [9.17, 15) is 14.7 Å². The molecule has 0 aliphatic carbocycles. The Morgan fingerprint density at radius 3 is 2.65 bits per heavy atom. The van der Waals surface area contributed by atoms with E-state index in [1.165, 1.54) is 6.20 Å². The Morgan fingerprint density at radius 2 is 1.95 bits per heavy atom. The third kappa shape index (κ3) is 5.74. The van der Waals surface area contributed by atoms with Crippen molar-refractivity contribution in [2.24, 2.45) is 0 Å². The number of rotatable bonds is 8. The zero-order valence-electron chi connectivity index (χ0n) is 23.9. The van der Waals surface area contributed by atoms with Crippen molar-refractivity contribution in [2.45, 2.75) is 31.3 Å². The molecule has 10 nitrogen and oxygen atoms in total. The Balaban J connectivity index is 1.37. The Hall–Kier alpha value is -3.86. The van der Waals surface area contributed by atoms with E-state index < -0.39 is 11.4 Å². The SMILES string of the molecule is CN(C)[C@H]1CCN(c2ccc(-n3cc(C(=O)O)c(=O)c4cc(Cl)c(N5CCC[C@@H]5COc5ncccc5Cl)cc43)cn2)C1. The van der Waals surface area contributed by atoms with E-state index in [2.05, 4.69) is 33.8 Å². The zero-order chi connectivity index (χ0) is 30.2. The molecule has 2 atom stereocenters. The van der Waals surface area contributed by atoms with Crippen LogP contribution in [0.4, 0.5) is 11.5 Å². The van der Waals surface area contributed by atoms with Crippen LogP contribution in [0.15, 0.2) is 59.8 Å². The van der Waals surface area contributed by atoms with Crippen LogP contribution in [0.2, 0.25) is 10.0 Å². The first kappa shape index (κ1) is 29.2. The Labute approximate surface area is 259 Å².